The summed E-state index contributed by atoms with van der Waals surface area (Å²) in [6, 6.07) is 4.19. The molecule has 1 fully saturated rings. The molecular weight excluding hydrogens is 392 g/mol. The van der Waals surface area contributed by atoms with Crippen LogP contribution in [0.25, 0.3) is 5.69 Å². The number of aryl methyl sites for hydroxylation is 2. The van der Waals surface area contributed by atoms with E-state index in [1.807, 2.05) is 0 Å². The fourth-order valence-corrected chi connectivity index (χ4v) is 4.43. The summed E-state index contributed by atoms with van der Waals surface area (Å²) in [5.74, 6) is -0.663. The zero-order valence-electron chi connectivity index (χ0n) is 14.7. The molecule has 2 unspecified atom stereocenters. The van der Waals surface area contributed by atoms with Gasteiger partial charge in [-0.25, -0.2) is 8.96 Å². The zero-order valence-corrected chi connectivity index (χ0v) is 16.2. The summed E-state index contributed by atoms with van der Waals surface area (Å²) in [4.78, 5) is 12.7. The Bertz CT molecular complexity index is 944. The lowest BCUT2D eigenvalue weighted by Crippen LogP contribution is -2.31. The van der Waals surface area contributed by atoms with Gasteiger partial charge in [0.1, 0.15) is 17.7 Å². The first kappa shape index (κ1) is 18.6. The highest BCUT2D eigenvalue weighted by molar-refractivity contribution is 6.32. The van der Waals surface area contributed by atoms with Crippen molar-refractivity contribution in [3.8, 4) is 17.3 Å². The summed E-state index contributed by atoms with van der Waals surface area (Å²) in [7, 11) is 0. The van der Waals surface area contributed by atoms with Crippen molar-refractivity contribution in [3.63, 3.8) is 0 Å². The zero-order chi connectivity index (χ0) is 19.1. The minimum absolute atomic E-state index is 0.0659. The van der Waals surface area contributed by atoms with Gasteiger partial charge in [0.2, 0.25) is 5.88 Å². The van der Waals surface area contributed by atoms with Crippen LogP contribution >= 0.6 is 23.2 Å². The Morgan fingerprint density at radius 3 is 2.63 bits per heavy atom. The largest absolute Gasteiger partial charge is 0.494 e. The van der Waals surface area contributed by atoms with Crippen LogP contribution in [0.3, 0.4) is 0 Å². The van der Waals surface area contributed by atoms with Crippen molar-refractivity contribution in [1.29, 1.82) is 0 Å². The number of benzene rings is 1. The van der Waals surface area contributed by atoms with Crippen LogP contribution in [0.1, 0.15) is 43.2 Å². The van der Waals surface area contributed by atoms with Crippen molar-refractivity contribution in [1.82, 2.24) is 4.57 Å². The van der Waals surface area contributed by atoms with Gasteiger partial charge in [0.25, 0.3) is 5.56 Å². The van der Waals surface area contributed by atoms with Crippen molar-refractivity contribution < 1.29 is 14.2 Å². The number of hydrogen-bond acceptors (Lipinski definition) is 3. The molecular formula is C20H20Cl2FNO3. The summed E-state index contributed by atoms with van der Waals surface area (Å²) >= 11 is 12.5. The number of nitrogens with zero attached hydrogens (tertiary/aromatic N) is 1. The van der Waals surface area contributed by atoms with E-state index in [1.54, 1.807) is 6.07 Å². The maximum Gasteiger partial charge on any atom is 0.261 e. The Balaban J connectivity index is 1.79. The summed E-state index contributed by atoms with van der Waals surface area (Å²) in [6.45, 7) is 0. The Morgan fingerprint density at radius 1 is 1.11 bits per heavy atom. The smallest absolute Gasteiger partial charge is 0.261 e. The van der Waals surface area contributed by atoms with Gasteiger partial charge in [0, 0.05) is 17.2 Å². The molecule has 2 aliphatic rings. The van der Waals surface area contributed by atoms with Gasteiger partial charge in [-0.2, -0.15) is 0 Å². The molecule has 1 saturated carbocycles. The van der Waals surface area contributed by atoms with Crippen LogP contribution in [0.5, 0.6) is 11.6 Å². The molecule has 2 atom stereocenters. The van der Waals surface area contributed by atoms with Crippen molar-refractivity contribution in [2.24, 2.45) is 0 Å². The fourth-order valence-electron chi connectivity index (χ4n) is 3.90. The third-order valence-electron chi connectivity index (χ3n) is 5.36. The lowest BCUT2D eigenvalue weighted by molar-refractivity contribution is 0.159. The molecule has 27 heavy (non-hydrogen) atoms. The summed E-state index contributed by atoms with van der Waals surface area (Å²) in [5.41, 5.74) is 0.722. The predicted molar refractivity (Wildman–Crippen MR) is 103 cm³/mol. The number of aromatic nitrogens is 1. The maximum atomic E-state index is 14.7. The quantitative estimate of drug-likeness (QED) is 0.741. The third kappa shape index (κ3) is 3.43. The topological polar surface area (TPSA) is 51.5 Å². The monoisotopic (exact) mass is 411 g/mol. The number of fused-ring (bicyclic) bond motifs is 2. The molecule has 1 heterocycles. The van der Waals surface area contributed by atoms with Gasteiger partial charge in [0.05, 0.1) is 16.1 Å². The van der Waals surface area contributed by atoms with Crippen LogP contribution in [0.4, 0.5) is 4.39 Å². The van der Waals surface area contributed by atoms with E-state index in [0.717, 1.165) is 42.7 Å². The standard InChI is InChI=1S/C20H20Cl2FNO3/c21-13-6-1-2-7-17(13)27-18-10-16(15(23)9-14(18)22)24-19(25)11-4-3-5-12(8-11)20(24)26/h8-10,13,17,25H,1-7H2. The lowest BCUT2D eigenvalue weighted by atomic mass is 9.97. The molecule has 4 rings (SSSR count). The molecule has 1 aromatic carbocycles. The highest BCUT2D eigenvalue weighted by Gasteiger charge is 2.27. The number of alkyl halides is 1. The van der Waals surface area contributed by atoms with Crippen molar-refractivity contribution in [2.45, 2.75) is 56.4 Å². The van der Waals surface area contributed by atoms with Gasteiger partial charge in [-0.15, -0.1) is 11.6 Å². The van der Waals surface area contributed by atoms with E-state index in [9.17, 15) is 14.3 Å². The van der Waals surface area contributed by atoms with Gasteiger partial charge in [0.15, 0.2) is 0 Å². The Hall–Kier alpha value is -1.72. The molecule has 0 aliphatic heterocycles. The van der Waals surface area contributed by atoms with Crippen molar-refractivity contribution in [2.75, 3.05) is 0 Å². The number of aromatic hydroxyl groups is 1. The van der Waals surface area contributed by atoms with Crippen LogP contribution < -0.4 is 10.3 Å². The SMILES string of the molecule is O=c1c2cc(c(O)n1-c1cc(OC3CCCCC3Cl)c(Cl)cc1F)CCC2. The van der Waals surface area contributed by atoms with Crippen LogP contribution in [0.2, 0.25) is 5.02 Å². The van der Waals surface area contributed by atoms with Gasteiger partial charge in [-0.3, -0.25) is 4.79 Å². The highest BCUT2D eigenvalue weighted by Crippen LogP contribution is 2.35. The number of ether oxygens (including phenoxy) is 1. The first-order valence-electron chi connectivity index (χ1n) is 9.22. The molecule has 0 amide bonds. The number of pyridine rings is 1. The molecule has 4 nitrogen and oxygen atoms in total. The third-order valence-corrected chi connectivity index (χ3v) is 6.15. The second-order valence-electron chi connectivity index (χ2n) is 7.20. The highest BCUT2D eigenvalue weighted by atomic mass is 35.5. The normalized spacial score (nSPS) is 21.9. The predicted octanol–water partition coefficient (Wildman–Crippen LogP) is 4.75. The molecule has 0 radical (unpaired) electrons. The lowest BCUT2D eigenvalue weighted by Gasteiger charge is -2.28. The van der Waals surface area contributed by atoms with Crippen molar-refractivity contribution >= 4 is 23.2 Å². The van der Waals surface area contributed by atoms with Crippen molar-refractivity contribution in [3.05, 3.63) is 50.5 Å². The second-order valence-corrected chi connectivity index (χ2v) is 8.17. The summed E-state index contributed by atoms with van der Waals surface area (Å²) in [5, 5.41) is 10.5. The second kappa shape index (κ2) is 7.36. The van der Waals surface area contributed by atoms with E-state index in [1.165, 1.54) is 6.07 Å². The minimum atomic E-state index is -0.695. The molecule has 0 spiro atoms. The molecule has 2 bridgehead atoms. The molecule has 144 valence electrons. The van der Waals surface area contributed by atoms with Gasteiger partial charge in [-0.1, -0.05) is 18.0 Å². The van der Waals surface area contributed by atoms with Gasteiger partial charge in [-0.05, 0) is 50.7 Å². The van der Waals surface area contributed by atoms with E-state index in [4.69, 9.17) is 27.9 Å². The van der Waals surface area contributed by atoms with Gasteiger partial charge >= 0.3 is 0 Å². The van der Waals surface area contributed by atoms with E-state index < -0.39 is 11.4 Å². The number of rotatable bonds is 3. The molecule has 1 aromatic heterocycles. The van der Waals surface area contributed by atoms with Crippen LogP contribution in [0.15, 0.2) is 23.0 Å². The Morgan fingerprint density at radius 2 is 1.85 bits per heavy atom. The Labute approximate surface area is 166 Å². The van der Waals surface area contributed by atoms with Gasteiger partial charge < -0.3 is 9.84 Å². The molecule has 1 N–H and O–H groups in total. The number of hydrogen-bond donors (Lipinski definition) is 1. The molecule has 2 aliphatic carbocycles. The first-order valence-corrected chi connectivity index (χ1v) is 10.0. The minimum Gasteiger partial charge on any atom is -0.494 e. The summed E-state index contributed by atoms with van der Waals surface area (Å²) in [6.07, 6.45) is 5.53. The van der Waals surface area contributed by atoms with Crippen LogP contribution in [0, 0.1) is 5.82 Å². The van der Waals surface area contributed by atoms with Crippen LogP contribution in [-0.2, 0) is 12.8 Å². The van der Waals surface area contributed by atoms with E-state index >= 15 is 0 Å². The average molecular weight is 412 g/mol. The molecule has 0 saturated heterocycles. The number of halogens is 3. The van der Waals surface area contributed by atoms with E-state index in [-0.39, 0.29) is 33.8 Å². The summed E-state index contributed by atoms with van der Waals surface area (Å²) < 4.78 is 21.7. The van der Waals surface area contributed by atoms with Crippen LogP contribution in [-0.4, -0.2) is 21.2 Å². The Kier molecular flexibility index (Phi) is 5.08. The fraction of sp³-hybridized carbons (Fsp3) is 0.450. The van der Waals surface area contributed by atoms with E-state index in [0.29, 0.717) is 24.0 Å². The maximum absolute atomic E-state index is 14.7. The first-order chi connectivity index (χ1) is 13.0. The molecule has 2 aromatic rings. The van der Waals surface area contributed by atoms with E-state index in [2.05, 4.69) is 0 Å². The average Bonchev–Trinajstić information content (AvgIpc) is 2.66. The molecule has 7 heteroatoms.